The van der Waals surface area contributed by atoms with Crippen molar-refractivity contribution in [3.8, 4) is 0 Å². The van der Waals surface area contributed by atoms with E-state index >= 15 is 0 Å². The normalized spacial score (nSPS) is 15.3. The highest BCUT2D eigenvalue weighted by atomic mass is 32.2. The van der Waals surface area contributed by atoms with Gasteiger partial charge in [0.25, 0.3) is 11.8 Å². The van der Waals surface area contributed by atoms with E-state index in [0.29, 0.717) is 21.1 Å². The minimum Gasteiger partial charge on any atom is -0.269 e. The molecule has 136 valence electrons. The van der Waals surface area contributed by atoms with E-state index in [-0.39, 0.29) is 12.1 Å². The van der Waals surface area contributed by atoms with Gasteiger partial charge in [-0.3, -0.25) is 14.5 Å². The van der Waals surface area contributed by atoms with Crippen molar-refractivity contribution in [2.45, 2.75) is 19.6 Å². The summed E-state index contributed by atoms with van der Waals surface area (Å²) in [4.78, 5) is 27.6. The lowest BCUT2D eigenvalue weighted by Gasteiger charge is -2.16. The van der Waals surface area contributed by atoms with Gasteiger partial charge in [0.05, 0.1) is 22.6 Å². The second kappa shape index (κ2) is 7.28. The first kappa shape index (κ1) is 18.7. The molecule has 0 bridgehead atoms. The fraction of sp³-hybridized carbons (Fsp3) is 0.222. The summed E-state index contributed by atoms with van der Waals surface area (Å²) in [5.74, 6) is -0.311. The van der Waals surface area contributed by atoms with Crippen molar-refractivity contribution in [1.29, 1.82) is 0 Å². The largest absolute Gasteiger partial charge is 0.416 e. The Morgan fingerprint density at radius 2 is 1.88 bits per heavy atom. The van der Waals surface area contributed by atoms with Crippen molar-refractivity contribution in [2.75, 3.05) is 5.75 Å². The first-order valence-corrected chi connectivity index (χ1v) is 9.62. The number of nitrogens with zero attached hydrogens (tertiary/aromatic N) is 1. The van der Waals surface area contributed by atoms with Crippen LogP contribution in [0.1, 0.15) is 22.9 Å². The third-order valence-electron chi connectivity index (χ3n) is 3.78. The average molecular weight is 397 g/mol. The molecular weight excluding hydrogens is 383 g/mol. The number of thiophene rings is 1. The zero-order valence-corrected chi connectivity index (χ0v) is 15.3. The lowest BCUT2D eigenvalue weighted by atomic mass is 10.1. The zero-order valence-electron chi connectivity index (χ0n) is 13.7. The number of alkyl halides is 3. The lowest BCUT2D eigenvalue weighted by Crippen LogP contribution is -2.31. The number of amides is 2. The van der Waals surface area contributed by atoms with Gasteiger partial charge in [-0.25, -0.2) is 0 Å². The second-order valence-electron chi connectivity index (χ2n) is 5.51. The number of halogens is 3. The van der Waals surface area contributed by atoms with Gasteiger partial charge in [-0.1, -0.05) is 25.1 Å². The van der Waals surface area contributed by atoms with Crippen LogP contribution in [0.3, 0.4) is 0 Å². The Morgan fingerprint density at radius 3 is 2.50 bits per heavy atom. The summed E-state index contributed by atoms with van der Waals surface area (Å²) in [7, 11) is 0. The minimum absolute atomic E-state index is 0.190. The summed E-state index contributed by atoms with van der Waals surface area (Å²) in [5.41, 5.74) is -0.206. The summed E-state index contributed by atoms with van der Waals surface area (Å²) in [6, 6.07) is 8.23. The Balaban J connectivity index is 1.92. The van der Waals surface area contributed by atoms with Crippen LogP contribution < -0.4 is 0 Å². The highest BCUT2D eigenvalue weighted by Crippen LogP contribution is 2.38. The molecule has 0 unspecified atom stereocenters. The van der Waals surface area contributed by atoms with E-state index in [1.807, 2.05) is 12.3 Å². The molecule has 0 saturated heterocycles. The Bertz CT molecular complexity index is 873. The average Bonchev–Trinajstić information content (AvgIpc) is 3.18. The molecule has 3 rings (SSSR count). The van der Waals surface area contributed by atoms with Crippen LogP contribution in [-0.2, 0) is 22.3 Å². The van der Waals surface area contributed by atoms with Gasteiger partial charge in [0.1, 0.15) is 0 Å². The van der Waals surface area contributed by atoms with Crippen molar-refractivity contribution < 1.29 is 22.8 Å². The van der Waals surface area contributed by atoms with Crippen molar-refractivity contribution in [2.24, 2.45) is 0 Å². The van der Waals surface area contributed by atoms with Crippen molar-refractivity contribution in [3.05, 3.63) is 62.7 Å². The molecule has 1 aromatic carbocycles. The number of carbonyl (C=O) groups excluding carboxylic acids is 2. The number of hydrogen-bond donors (Lipinski definition) is 0. The Hall–Kier alpha value is -2.06. The molecule has 2 amide bonds. The van der Waals surface area contributed by atoms with Crippen LogP contribution >= 0.6 is 23.1 Å². The molecule has 0 radical (unpaired) electrons. The quantitative estimate of drug-likeness (QED) is 0.680. The molecule has 1 aromatic heterocycles. The smallest absolute Gasteiger partial charge is 0.269 e. The van der Waals surface area contributed by atoms with Crippen molar-refractivity contribution in [1.82, 2.24) is 4.90 Å². The monoisotopic (exact) mass is 397 g/mol. The molecule has 2 aromatic rings. The molecule has 1 aliphatic heterocycles. The Labute approximate surface area is 156 Å². The third kappa shape index (κ3) is 3.57. The van der Waals surface area contributed by atoms with E-state index < -0.39 is 23.6 Å². The van der Waals surface area contributed by atoms with Gasteiger partial charge in [-0.2, -0.15) is 13.2 Å². The summed E-state index contributed by atoms with van der Waals surface area (Å²) >= 11 is 2.62. The summed E-state index contributed by atoms with van der Waals surface area (Å²) < 4.78 is 38.7. The first-order valence-electron chi connectivity index (χ1n) is 7.76. The van der Waals surface area contributed by atoms with Gasteiger partial charge in [-0.05, 0) is 34.9 Å². The van der Waals surface area contributed by atoms with Gasteiger partial charge in [-0.15, -0.1) is 23.1 Å². The van der Waals surface area contributed by atoms with E-state index in [1.165, 1.54) is 35.2 Å². The molecule has 0 aliphatic carbocycles. The number of benzene rings is 1. The molecule has 1 aliphatic rings. The van der Waals surface area contributed by atoms with E-state index in [1.54, 1.807) is 12.1 Å². The highest BCUT2D eigenvalue weighted by molar-refractivity contribution is 8.04. The van der Waals surface area contributed by atoms with Gasteiger partial charge < -0.3 is 0 Å². The molecular formula is C18H14F3NO2S2. The van der Waals surface area contributed by atoms with Gasteiger partial charge in [0.15, 0.2) is 0 Å². The third-order valence-corrected chi connectivity index (χ3v) is 5.62. The summed E-state index contributed by atoms with van der Waals surface area (Å²) in [6.45, 7) is 1.68. The zero-order chi connectivity index (χ0) is 18.9. The summed E-state index contributed by atoms with van der Waals surface area (Å²) in [6.07, 6.45) is -4.47. The van der Waals surface area contributed by atoms with E-state index in [9.17, 15) is 22.8 Å². The molecule has 0 fully saturated rings. The van der Waals surface area contributed by atoms with Gasteiger partial charge >= 0.3 is 6.18 Å². The van der Waals surface area contributed by atoms with E-state index in [0.717, 1.165) is 17.0 Å². The number of thioether (sulfide) groups is 1. The number of carbonyl (C=O) groups is 2. The number of hydrogen-bond acceptors (Lipinski definition) is 4. The van der Waals surface area contributed by atoms with Crippen LogP contribution in [0.25, 0.3) is 5.57 Å². The predicted octanol–water partition coefficient (Wildman–Crippen LogP) is 4.80. The Morgan fingerprint density at radius 1 is 1.12 bits per heavy atom. The molecule has 3 nitrogen and oxygen atoms in total. The minimum atomic E-state index is -4.47. The Kier molecular flexibility index (Phi) is 5.24. The van der Waals surface area contributed by atoms with Crippen molar-refractivity contribution >= 4 is 40.5 Å². The molecule has 26 heavy (non-hydrogen) atoms. The number of imide groups is 1. The maximum Gasteiger partial charge on any atom is 0.416 e. The van der Waals surface area contributed by atoms with Gasteiger partial charge in [0, 0.05) is 4.88 Å². The first-order chi connectivity index (χ1) is 12.3. The van der Waals surface area contributed by atoms with Crippen LogP contribution in [-0.4, -0.2) is 22.5 Å². The van der Waals surface area contributed by atoms with Crippen LogP contribution in [0.5, 0.6) is 0 Å². The topological polar surface area (TPSA) is 37.4 Å². The molecule has 0 saturated carbocycles. The molecule has 2 heterocycles. The van der Waals surface area contributed by atoms with Crippen LogP contribution in [0.2, 0.25) is 0 Å². The molecule has 0 spiro atoms. The molecule has 0 atom stereocenters. The maximum absolute atomic E-state index is 12.9. The van der Waals surface area contributed by atoms with E-state index in [4.69, 9.17) is 0 Å². The van der Waals surface area contributed by atoms with Crippen LogP contribution in [0, 0.1) is 0 Å². The molecule has 0 N–H and O–H groups in total. The maximum atomic E-state index is 12.9. The lowest BCUT2D eigenvalue weighted by molar-refractivity contribution is -0.137. The van der Waals surface area contributed by atoms with E-state index in [2.05, 4.69) is 0 Å². The van der Waals surface area contributed by atoms with Crippen LogP contribution in [0.15, 0.2) is 46.7 Å². The van der Waals surface area contributed by atoms with Gasteiger partial charge in [0.2, 0.25) is 0 Å². The number of rotatable bonds is 5. The van der Waals surface area contributed by atoms with Crippen molar-refractivity contribution in [3.63, 3.8) is 0 Å². The summed E-state index contributed by atoms with van der Waals surface area (Å²) in [5, 5.41) is 1.81. The predicted molar refractivity (Wildman–Crippen MR) is 96.4 cm³/mol. The molecule has 8 heteroatoms. The standard InChI is InChI=1S/C18H14F3NO2S2/c1-2-25-15-14(13-7-4-8-26-13)16(23)22(17(15)24)10-11-5-3-6-12(9-11)18(19,20)21/h3-9H,2,10H2,1H3. The fourth-order valence-corrected chi connectivity index (χ4v) is 4.34. The SMILES string of the molecule is CCSC1=C(c2cccs2)C(=O)N(Cc2cccc(C(F)(F)F)c2)C1=O. The van der Waals surface area contributed by atoms with Crippen LogP contribution in [0.4, 0.5) is 13.2 Å². The fourth-order valence-electron chi connectivity index (χ4n) is 2.64. The highest BCUT2D eigenvalue weighted by Gasteiger charge is 2.39. The second-order valence-corrected chi connectivity index (χ2v) is 7.73.